The van der Waals surface area contributed by atoms with Crippen molar-refractivity contribution in [3.05, 3.63) is 46.0 Å². The van der Waals surface area contributed by atoms with Gasteiger partial charge >= 0.3 is 0 Å². The number of halogens is 2. The largest absolute Gasteiger partial charge is 0.323 e. The summed E-state index contributed by atoms with van der Waals surface area (Å²) in [4.78, 5) is 34.8. The number of H-pyrrole nitrogens is 1. The topological polar surface area (TPSA) is 92.7 Å². The molecule has 25 heavy (non-hydrogen) atoms. The Hall–Kier alpha value is -2.75. The average molecular weight is 365 g/mol. The van der Waals surface area contributed by atoms with Gasteiger partial charge in [0.25, 0.3) is 5.56 Å². The first-order valence-corrected chi connectivity index (χ1v) is 8.15. The predicted octanol–water partition coefficient (Wildman–Crippen LogP) is 1.97. The minimum Gasteiger partial charge on any atom is -0.323 e. The van der Waals surface area contributed by atoms with Crippen LogP contribution >= 0.6 is 11.8 Å². The molecule has 0 unspecified atom stereocenters. The Balaban J connectivity index is 1.74. The Morgan fingerprint density at radius 1 is 1.36 bits per heavy atom. The van der Waals surface area contributed by atoms with Crippen LogP contribution in [0.1, 0.15) is 5.82 Å². The number of benzene rings is 1. The van der Waals surface area contributed by atoms with Crippen LogP contribution in [0.25, 0.3) is 11.2 Å². The molecule has 0 saturated carbocycles. The summed E-state index contributed by atoms with van der Waals surface area (Å²) in [5.74, 6) is -1.67. The number of thioether (sulfide) groups is 1. The second-order valence-electron chi connectivity index (χ2n) is 5.24. The van der Waals surface area contributed by atoms with Crippen molar-refractivity contribution in [1.82, 2.24) is 19.5 Å². The van der Waals surface area contributed by atoms with Crippen molar-refractivity contribution in [1.29, 1.82) is 0 Å². The number of amides is 1. The fourth-order valence-corrected chi connectivity index (χ4v) is 2.97. The molecule has 0 radical (unpaired) electrons. The van der Waals surface area contributed by atoms with Gasteiger partial charge in [-0.1, -0.05) is 11.8 Å². The molecule has 2 heterocycles. The van der Waals surface area contributed by atoms with E-state index in [0.29, 0.717) is 22.7 Å². The highest BCUT2D eigenvalue weighted by atomic mass is 32.2. The van der Waals surface area contributed by atoms with E-state index < -0.39 is 17.5 Å². The normalized spacial score (nSPS) is 11.0. The summed E-state index contributed by atoms with van der Waals surface area (Å²) in [7, 11) is 1.68. The number of anilines is 1. The number of aryl methyl sites for hydroxylation is 2. The van der Waals surface area contributed by atoms with Crippen molar-refractivity contribution in [3.63, 3.8) is 0 Å². The maximum absolute atomic E-state index is 13.5. The Labute approximate surface area is 144 Å². The number of imidazole rings is 1. The number of carbonyl (C=O) groups is 1. The highest BCUT2D eigenvalue weighted by molar-refractivity contribution is 7.99. The molecule has 0 fully saturated rings. The zero-order chi connectivity index (χ0) is 18.1. The fraction of sp³-hybridized carbons (Fsp3) is 0.200. The minimum atomic E-state index is -0.854. The van der Waals surface area contributed by atoms with Gasteiger partial charge in [0, 0.05) is 13.1 Å². The van der Waals surface area contributed by atoms with Gasteiger partial charge in [0.05, 0.1) is 11.4 Å². The molecule has 0 aliphatic rings. The smallest absolute Gasteiger partial charge is 0.279 e. The lowest BCUT2D eigenvalue weighted by molar-refractivity contribution is -0.113. The third kappa shape index (κ3) is 3.53. The van der Waals surface area contributed by atoms with Gasteiger partial charge in [0.1, 0.15) is 17.5 Å². The molecular weight excluding hydrogens is 352 g/mol. The van der Waals surface area contributed by atoms with Crippen LogP contribution in [0.2, 0.25) is 0 Å². The van der Waals surface area contributed by atoms with E-state index in [2.05, 4.69) is 20.3 Å². The van der Waals surface area contributed by atoms with E-state index in [4.69, 9.17) is 0 Å². The van der Waals surface area contributed by atoms with Gasteiger partial charge in [-0.15, -0.1) is 0 Å². The zero-order valence-corrected chi connectivity index (χ0v) is 14.1. The maximum atomic E-state index is 13.5. The van der Waals surface area contributed by atoms with Crippen LogP contribution in [0, 0.1) is 18.6 Å². The number of carbonyl (C=O) groups excluding carboxylic acids is 1. The lowest BCUT2D eigenvalue weighted by atomic mass is 10.3. The lowest BCUT2D eigenvalue weighted by Crippen LogP contribution is -2.15. The van der Waals surface area contributed by atoms with E-state index in [9.17, 15) is 18.4 Å². The summed E-state index contributed by atoms with van der Waals surface area (Å²) in [5.41, 5.74) is 0.128. The van der Waals surface area contributed by atoms with Crippen LogP contribution in [0.15, 0.2) is 28.2 Å². The van der Waals surface area contributed by atoms with Gasteiger partial charge in [-0.25, -0.2) is 18.7 Å². The van der Waals surface area contributed by atoms with Gasteiger partial charge in [0.2, 0.25) is 5.91 Å². The standard InChI is InChI=1S/C15H13F2N5O2S/c1-7-18-13-12(14(24)19-7)21-15(22(13)2)25-6-11(23)20-10-4-3-8(16)5-9(10)17/h3-5H,6H2,1-2H3,(H,20,23)(H,18,19,24). The number of hydrogen-bond donors (Lipinski definition) is 2. The molecule has 0 bridgehead atoms. The summed E-state index contributed by atoms with van der Waals surface area (Å²) in [6.07, 6.45) is 0. The predicted molar refractivity (Wildman–Crippen MR) is 89.6 cm³/mol. The van der Waals surface area contributed by atoms with Crippen LogP contribution in [0.3, 0.4) is 0 Å². The molecule has 7 nitrogen and oxygen atoms in total. The first kappa shape index (κ1) is 17.1. The van der Waals surface area contributed by atoms with E-state index in [1.54, 1.807) is 18.5 Å². The third-order valence-corrected chi connectivity index (χ3v) is 4.37. The van der Waals surface area contributed by atoms with Gasteiger partial charge in [-0.2, -0.15) is 0 Å². The quantitative estimate of drug-likeness (QED) is 0.690. The Morgan fingerprint density at radius 3 is 2.84 bits per heavy atom. The molecule has 3 rings (SSSR count). The number of rotatable bonds is 4. The molecule has 0 aliphatic carbocycles. The molecule has 0 aliphatic heterocycles. The summed E-state index contributed by atoms with van der Waals surface area (Å²) in [5, 5.41) is 2.78. The molecular formula is C15H13F2N5O2S. The number of aromatic nitrogens is 4. The fourth-order valence-electron chi connectivity index (χ4n) is 2.20. The van der Waals surface area contributed by atoms with Gasteiger partial charge in [-0.3, -0.25) is 9.59 Å². The van der Waals surface area contributed by atoms with Crippen LogP contribution in [0.5, 0.6) is 0 Å². The lowest BCUT2D eigenvalue weighted by Gasteiger charge is -2.06. The molecule has 0 atom stereocenters. The Morgan fingerprint density at radius 2 is 2.12 bits per heavy atom. The molecule has 1 aromatic carbocycles. The number of aromatic amines is 1. The molecule has 10 heteroatoms. The Kier molecular flexibility index (Phi) is 4.53. The monoisotopic (exact) mass is 365 g/mol. The number of nitrogens with zero attached hydrogens (tertiary/aromatic N) is 3. The second-order valence-corrected chi connectivity index (χ2v) is 6.18. The molecule has 130 valence electrons. The van der Waals surface area contributed by atoms with Crippen molar-refractivity contribution in [2.75, 3.05) is 11.1 Å². The Bertz CT molecular complexity index is 1030. The second kappa shape index (κ2) is 6.63. The van der Waals surface area contributed by atoms with Crippen molar-refractivity contribution in [3.8, 4) is 0 Å². The molecule has 3 aromatic rings. The summed E-state index contributed by atoms with van der Waals surface area (Å²) < 4.78 is 28.0. The average Bonchev–Trinajstić information content (AvgIpc) is 2.85. The first-order chi connectivity index (χ1) is 11.8. The number of nitrogens with one attached hydrogen (secondary N) is 2. The highest BCUT2D eigenvalue weighted by Gasteiger charge is 2.15. The third-order valence-electron chi connectivity index (χ3n) is 3.34. The van der Waals surface area contributed by atoms with E-state index in [1.807, 2.05) is 0 Å². The van der Waals surface area contributed by atoms with Crippen LogP contribution in [0.4, 0.5) is 14.5 Å². The summed E-state index contributed by atoms with van der Waals surface area (Å²) in [6, 6.07) is 2.89. The molecule has 0 saturated heterocycles. The maximum Gasteiger partial charge on any atom is 0.279 e. The minimum absolute atomic E-state index is 0.0646. The van der Waals surface area contributed by atoms with E-state index in [-0.39, 0.29) is 22.5 Å². The molecule has 2 N–H and O–H groups in total. The van der Waals surface area contributed by atoms with Crippen molar-refractivity contribution in [2.45, 2.75) is 12.1 Å². The van der Waals surface area contributed by atoms with Gasteiger partial charge in [0.15, 0.2) is 16.3 Å². The van der Waals surface area contributed by atoms with Gasteiger partial charge in [-0.05, 0) is 19.1 Å². The summed E-state index contributed by atoms with van der Waals surface area (Å²) in [6.45, 7) is 1.66. The van der Waals surface area contributed by atoms with Crippen molar-refractivity contribution >= 4 is 34.5 Å². The molecule has 1 amide bonds. The van der Waals surface area contributed by atoms with Gasteiger partial charge < -0.3 is 14.9 Å². The van der Waals surface area contributed by atoms with Crippen molar-refractivity contribution in [2.24, 2.45) is 7.05 Å². The zero-order valence-electron chi connectivity index (χ0n) is 13.3. The SMILES string of the molecule is Cc1nc2c(nc(SCC(=O)Nc3ccc(F)cc3F)n2C)c(=O)[nH]1. The summed E-state index contributed by atoms with van der Waals surface area (Å²) >= 11 is 1.07. The van der Waals surface area contributed by atoms with Crippen LogP contribution in [-0.4, -0.2) is 31.2 Å². The number of fused-ring (bicyclic) bond motifs is 1. The van der Waals surface area contributed by atoms with Crippen LogP contribution < -0.4 is 10.9 Å². The first-order valence-electron chi connectivity index (χ1n) is 7.16. The van der Waals surface area contributed by atoms with E-state index in [0.717, 1.165) is 23.9 Å². The number of hydrogen-bond acceptors (Lipinski definition) is 5. The highest BCUT2D eigenvalue weighted by Crippen LogP contribution is 2.21. The van der Waals surface area contributed by atoms with Crippen LogP contribution in [-0.2, 0) is 11.8 Å². The van der Waals surface area contributed by atoms with E-state index >= 15 is 0 Å². The molecule has 0 spiro atoms. The van der Waals surface area contributed by atoms with Crippen molar-refractivity contribution < 1.29 is 13.6 Å². The molecule has 2 aromatic heterocycles. The van der Waals surface area contributed by atoms with E-state index in [1.165, 1.54) is 0 Å².